The van der Waals surface area contributed by atoms with E-state index in [1.54, 1.807) is 4.90 Å². The molecule has 2 heterocycles. The first kappa shape index (κ1) is 14.4. The molecule has 3 N–H and O–H groups in total. The number of nitrogens with two attached hydrogens (primary N) is 1. The quantitative estimate of drug-likeness (QED) is 0.884. The van der Waals surface area contributed by atoms with Crippen molar-refractivity contribution in [1.29, 1.82) is 0 Å². The molecule has 20 heavy (non-hydrogen) atoms. The van der Waals surface area contributed by atoms with Crippen LogP contribution in [0.15, 0.2) is 12.1 Å². The SMILES string of the molecule is CCOC(=O)N1CCC(Nc2ccc(N)c(C)n2)CC1. The Morgan fingerprint density at radius 3 is 2.80 bits per heavy atom. The number of pyridine rings is 1. The number of ether oxygens (including phenoxy) is 1. The Kier molecular flexibility index (Phi) is 4.65. The van der Waals surface area contributed by atoms with Crippen LogP contribution in [0, 0.1) is 6.92 Å². The van der Waals surface area contributed by atoms with E-state index in [2.05, 4.69) is 10.3 Å². The van der Waals surface area contributed by atoms with E-state index in [9.17, 15) is 4.79 Å². The molecule has 0 radical (unpaired) electrons. The van der Waals surface area contributed by atoms with Crippen molar-refractivity contribution >= 4 is 17.6 Å². The Bertz CT molecular complexity index is 470. The number of carbonyl (C=O) groups is 1. The summed E-state index contributed by atoms with van der Waals surface area (Å²) in [5.41, 5.74) is 7.29. The lowest BCUT2D eigenvalue weighted by Gasteiger charge is -2.31. The Morgan fingerprint density at radius 1 is 1.50 bits per heavy atom. The summed E-state index contributed by atoms with van der Waals surface area (Å²) < 4.78 is 5.00. The minimum atomic E-state index is -0.215. The highest BCUT2D eigenvalue weighted by atomic mass is 16.6. The molecule has 1 aromatic rings. The molecule has 1 aliphatic rings. The molecule has 0 atom stereocenters. The summed E-state index contributed by atoms with van der Waals surface area (Å²) >= 11 is 0. The standard InChI is InChI=1S/C14H22N4O2/c1-3-20-14(19)18-8-6-11(7-9-18)17-13-5-4-12(15)10(2)16-13/h4-5,11H,3,6-9,15H2,1-2H3,(H,16,17). The maximum Gasteiger partial charge on any atom is 0.409 e. The third-order valence-electron chi connectivity index (χ3n) is 3.50. The molecular formula is C14H22N4O2. The summed E-state index contributed by atoms with van der Waals surface area (Å²) in [5, 5.41) is 3.39. The van der Waals surface area contributed by atoms with Gasteiger partial charge in [-0.05, 0) is 38.8 Å². The number of carbonyl (C=O) groups excluding carboxylic acids is 1. The molecule has 110 valence electrons. The fourth-order valence-corrected chi connectivity index (χ4v) is 2.28. The predicted molar refractivity (Wildman–Crippen MR) is 78.6 cm³/mol. The summed E-state index contributed by atoms with van der Waals surface area (Å²) in [7, 11) is 0. The lowest BCUT2D eigenvalue weighted by atomic mass is 10.1. The highest BCUT2D eigenvalue weighted by Crippen LogP contribution is 2.18. The maximum absolute atomic E-state index is 11.6. The van der Waals surface area contributed by atoms with E-state index < -0.39 is 0 Å². The lowest BCUT2D eigenvalue weighted by Crippen LogP contribution is -2.42. The van der Waals surface area contributed by atoms with Gasteiger partial charge >= 0.3 is 6.09 Å². The highest BCUT2D eigenvalue weighted by Gasteiger charge is 2.23. The van der Waals surface area contributed by atoms with Crippen LogP contribution in [0.3, 0.4) is 0 Å². The number of hydrogen-bond acceptors (Lipinski definition) is 5. The number of amides is 1. The van der Waals surface area contributed by atoms with Crippen molar-refractivity contribution in [3.63, 3.8) is 0 Å². The van der Waals surface area contributed by atoms with E-state index in [4.69, 9.17) is 10.5 Å². The van der Waals surface area contributed by atoms with Gasteiger partial charge in [0.1, 0.15) is 5.82 Å². The van der Waals surface area contributed by atoms with Gasteiger partial charge in [-0.1, -0.05) is 0 Å². The monoisotopic (exact) mass is 278 g/mol. The number of piperidine rings is 1. The van der Waals surface area contributed by atoms with Crippen molar-refractivity contribution in [2.75, 3.05) is 30.7 Å². The molecule has 0 aliphatic carbocycles. The van der Waals surface area contributed by atoms with Crippen LogP contribution < -0.4 is 11.1 Å². The molecule has 2 rings (SSSR count). The lowest BCUT2D eigenvalue weighted by molar-refractivity contribution is 0.0983. The van der Waals surface area contributed by atoms with Gasteiger partial charge in [-0.25, -0.2) is 9.78 Å². The van der Waals surface area contributed by atoms with E-state index in [0.717, 1.165) is 24.4 Å². The van der Waals surface area contributed by atoms with E-state index in [1.807, 2.05) is 26.0 Å². The average molecular weight is 278 g/mol. The fourth-order valence-electron chi connectivity index (χ4n) is 2.28. The van der Waals surface area contributed by atoms with E-state index in [-0.39, 0.29) is 6.09 Å². The summed E-state index contributed by atoms with van der Waals surface area (Å²) in [6.07, 6.45) is 1.57. The molecule has 0 aromatic carbocycles. The molecule has 1 fully saturated rings. The number of nitrogens with zero attached hydrogens (tertiary/aromatic N) is 2. The van der Waals surface area contributed by atoms with Gasteiger partial charge in [0.15, 0.2) is 0 Å². The second-order valence-electron chi connectivity index (χ2n) is 4.98. The molecule has 0 unspecified atom stereocenters. The molecule has 0 saturated carbocycles. The highest BCUT2D eigenvalue weighted by molar-refractivity contribution is 5.67. The van der Waals surface area contributed by atoms with Crippen LogP contribution >= 0.6 is 0 Å². The zero-order valence-electron chi connectivity index (χ0n) is 12.1. The normalized spacial score (nSPS) is 16.0. The number of anilines is 2. The Morgan fingerprint density at radius 2 is 2.20 bits per heavy atom. The maximum atomic E-state index is 11.6. The second-order valence-corrected chi connectivity index (χ2v) is 4.98. The van der Waals surface area contributed by atoms with Crippen LogP contribution in [0.25, 0.3) is 0 Å². The van der Waals surface area contributed by atoms with Crippen LogP contribution in [0.4, 0.5) is 16.3 Å². The van der Waals surface area contributed by atoms with Crippen molar-refractivity contribution < 1.29 is 9.53 Å². The van der Waals surface area contributed by atoms with E-state index >= 15 is 0 Å². The molecule has 1 aromatic heterocycles. The smallest absolute Gasteiger partial charge is 0.409 e. The van der Waals surface area contributed by atoms with Gasteiger partial charge in [-0.2, -0.15) is 0 Å². The molecule has 1 amide bonds. The van der Waals surface area contributed by atoms with Crippen LogP contribution in [0.5, 0.6) is 0 Å². The Labute approximate surface area is 119 Å². The second kappa shape index (κ2) is 6.45. The number of likely N-dealkylation sites (tertiary alicyclic amines) is 1. The first-order valence-electron chi connectivity index (χ1n) is 7.01. The molecule has 6 heteroatoms. The first-order chi connectivity index (χ1) is 9.60. The molecule has 1 aliphatic heterocycles. The summed E-state index contributed by atoms with van der Waals surface area (Å²) in [6, 6.07) is 4.08. The largest absolute Gasteiger partial charge is 0.450 e. The van der Waals surface area contributed by atoms with Crippen molar-refractivity contribution in [3.05, 3.63) is 17.8 Å². The number of hydrogen-bond donors (Lipinski definition) is 2. The van der Waals surface area contributed by atoms with Gasteiger partial charge < -0.3 is 20.7 Å². The third-order valence-corrected chi connectivity index (χ3v) is 3.50. The molecule has 0 spiro atoms. The molecular weight excluding hydrogens is 256 g/mol. The van der Waals surface area contributed by atoms with Gasteiger partial charge in [-0.3, -0.25) is 0 Å². The van der Waals surface area contributed by atoms with Gasteiger partial charge in [0.05, 0.1) is 18.0 Å². The van der Waals surface area contributed by atoms with Crippen LogP contribution in [-0.4, -0.2) is 41.7 Å². The van der Waals surface area contributed by atoms with E-state index in [1.165, 1.54) is 0 Å². The van der Waals surface area contributed by atoms with Crippen LogP contribution in [-0.2, 0) is 4.74 Å². The minimum Gasteiger partial charge on any atom is -0.450 e. The number of aromatic nitrogens is 1. The Balaban J connectivity index is 1.85. The number of nitrogen functional groups attached to an aromatic ring is 1. The topological polar surface area (TPSA) is 80.5 Å². The average Bonchev–Trinajstić information content (AvgIpc) is 2.44. The first-order valence-corrected chi connectivity index (χ1v) is 7.01. The summed E-state index contributed by atoms with van der Waals surface area (Å²) in [5.74, 6) is 0.839. The van der Waals surface area contributed by atoms with Crippen molar-refractivity contribution in [1.82, 2.24) is 9.88 Å². The third kappa shape index (κ3) is 3.53. The summed E-state index contributed by atoms with van der Waals surface area (Å²) in [4.78, 5) is 17.8. The zero-order chi connectivity index (χ0) is 14.5. The van der Waals surface area contributed by atoms with Gasteiger partial charge in [-0.15, -0.1) is 0 Å². The molecule has 0 bridgehead atoms. The molecule has 6 nitrogen and oxygen atoms in total. The van der Waals surface area contributed by atoms with E-state index in [0.29, 0.717) is 31.4 Å². The molecule has 1 saturated heterocycles. The van der Waals surface area contributed by atoms with Gasteiger partial charge in [0, 0.05) is 19.1 Å². The zero-order valence-corrected chi connectivity index (χ0v) is 12.1. The van der Waals surface area contributed by atoms with Crippen molar-refractivity contribution in [2.24, 2.45) is 0 Å². The Hall–Kier alpha value is -1.98. The van der Waals surface area contributed by atoms with Crippen LogP contribution in [0.1, 0.15) is 25.5 Å². The van der Waals surface area contributed by atoms with Crippen LogP contribution in [0.2, 0.25) is 0 Å². The van der Waals surface area contributed by atoms with Crippen molar-refractivity contribution in [3.8, 4) is 0 Å². The number of nitrogens with one attached hydrogen (secondary N) is 1. The summed E-state index contributed by atoms with van der Waals surface area (Å²) in [6.45, 7) is 5.56. The van der Waals surface area contributed by atoms with Crippen molar-refractivity contribution in [2.45, 2.75) is 32.7 Å². The predicted octanol–water partition coefficient (Wildman–Crippen LogP) is 2.01. The number of aryl methyl sites for hydroxylation is 1. The van der Waals surface area contributed by atoms with Gasteiger partial charge in [0.2, 0.25) is 0 Å². The fraction of sp³-hybridized carbons (Fsp3) is 0.571. The number of rotatable bonds is 3. The minimum absolute atomic E-state index is 0.215. The van der Waals surface area contributed by atoms with Gasteiger partial charge in [0.25, 0.3) is 0 Å².